The van der Waals surface area contributed by atoms with Gasteiger partial charge in [0.05, 0.1) is 47.1 Å². The minimum atomic E-state index is -4.52. The van der Waals surface area contributed by atoms with Gasteiger partial charge in [-0.2, -0.15) is 13.2 Å². The van der Waals surface area contributed by atoms with Crippen LogP contribution >= 0.6 is 22.9 Å². The van der Waals surface area contributed by atoms with Crippen molar-refractivity contribution in [2.75, 3.05) is 29.5 Å². The van der Waals surface area contributed by atoms with Gasteiger partial charge < -0.3 is 14.4 Å². The Hall–Kier alpha value is -3.48. The average molecular weight is 596 g/mol. The fourth-order valence-corrected chi connectivity index (χ4v) is 6.71. The van der Waals surface area contributed by atoms with Crippen LogP contribution in [0, 0.1) is 0 Å². The van der Waals surface area contributed by atoms with Crippen LogP contribution < -0.4 is 18.7 Å². The van der Waals surface area contributed by atoms with E-state index in [1.165, 1.54) is 40.0 Å². The minimum Gasteiger partial charge on any atom is -0.497 e. The lowest BCUT2D eigenvalue weighted by atomic mass is 10.1. The lowest BCUT2D eigenvalue weighted by Crippen LogP contribution is -2.31. The molecule has 4 aromatic rings. The molecular formula is C26H21ClF3N3O4S2. The quantitative estimate of drug-likeness (QED) is 0.235. The van der Waals surface area contributed by atoms with Crippen LogP contribution in [-0.2, 0) is 22.7 Å². The van der Waals surface area contributed by atoms with Gasteiger partial charge in [0.15, 0.2) is 5.13 Å². The van der Waals surface area contributed by atoms with Crippen LogP contribution in [0.3, 0.4) is 0 Å². The largest absolute Gasteiger partial charge is 0.497 e. The van der Waals surface area contributed by atoms with Crippen LogP contribution in [0.5, 0.6) is 11.5 Å². The molecule has 2 heterocycles. The van der Waals surface area contributed by atoms with Crippen LogP contribution in [-0.4, -0.2) is 33.7 Å². The molecule has 0 atom stereocenters. The van der Waals surface area contributed by atoms with Crippen molar-refractivity contribution in [3.63, 3.8) is 0 Å². The minimum absolute atomic E-state index is 0.0228. The van der Waals surface area contributed by atoms with E-state index >= 15 is 0 Å². The molecular weight excluding hydrogens is 575 g/mol. The molecule has 204 valence electrons. The van der Waals surface area contributed by atoms with E-state index < -0.39 is 21.8 Å². The zero-order valence-corrected chi connectivity index (χ0v) is 22.7. The van der Waals surface area contributed by atoms with Crippen LogP contribution in [0.2, 0.25) is 5.02 Å². The van der Waals surface area contributed by atoms with Gasteiger partial charge in [-0.25, -0.2) is 17.7 Å². The number of aromatic nitrogens is 1. The topological polar surface area (TPSA) is 72.0 Å². The van der Waals surface area contributed by atoms with Gasteiger partial charge >= 0.3 is 6.18 Å². The molecule has 5 rings (SSSR count). The van der Waals surface area contributed by atoms with Crippen molar-refractivity contribution in [1.29, 1.82) is 0 Å². The Labute approximate surface area is 232 Å². The molecule has 3 aromatic carbocycles. The average Bonchev–Trinajstić information content (AvgIpc) is 3.45. The molecule has 0 bridgehead atoms. The molecule has 0 radical (unpaired) electrons. The number of halogens is 4. The Balaban J connectivity index is 1.49. The van der Waals surface area contributed by atoms with E-state index in [0.717, 1.165) is 17.7 Å². The molecule has 1 aliphatic heterocycles. The van der Waals surface area contributed by atoms with Crippen LogP contribution in [0.4, 0.5) is 29.7 Å². The summed E-state index contributed by atoms with van der Waals surface area (Å²) in [4.78, 5) is 5.90. The molecule has 0 spiro atoms. The van der Waals surface area contributed by atoms with Gasteiger partial charge in [0, 0.05) is 17.6 Å². The fourth-order valence-electron chi connectivity index (χ4n) is 4.13. The van der Waals surface area contributed by atoms with Crippen molar-refractivity contribution in [3.05, 3.63) is 88.4 Å². The van der Waals surface area contributed by atoms with E-state index in [1.807, 2.05) is 0 Å². The third-order valence-corrected chi connectivity index (χ3v) is 9.01. The van der Waals surface area contributed by atoms with Gasteiger partial charge in [-0.3, -0.25) is 0 Å². The maximum atomic E-state index is 13.9. The van der Waals surface area contributed by atoms with E-state index in [9.17, 15) is 21.6 Å². The summed E-state index contributed by atoms with van der Waals surface area (Å²) in [6.45, 7) is 0.522. The predicted molar refractivity (Wildman–Crippen MR) is 144 cm³/mol. The standard InChI is InChI=1S/C26H21ClF3N3O4S2/c1-36-19-5-2-17(3-6-19)16-33(25-31-10-13-38-25)39(34,35)20-7-9-23-24(15-20)37-12-11-32(23)22-8-4-18(14-21(22)27)26(28,29)30/h2-10,13-15H,11-12,16H2,1H3. The summed E-state index contributed by atoms with van der Waals surface area (Å²) in [5, 5.41) is 1.90. The first-order valence-electron chi connectivity index (χ1n) is 11.5. The van der Waals surface area contributed by atoms with E-state index in [2.05, 4.69) is 4.98 Å². The van der Waals surface area contributed by atoms with Crippen molar-refractivity contribution >= 4 is 49.5 Å². The molecule has 0 saturated heterocycles. The zero-order chi connectivity index (χ0) is 27.8. The Morgan fingerprint density at radius 1 is 1.10 bits per heavy atom. The first kappa shape index (κ1) is 27.1. The molecule has 0 aliphatic carbocycles. The molecule has 1 aliphatic rings. The Kier molecular flexibility index (Phi) is 7.36. The third kappa shape index (κ3) is 5.49. The van der Waals surface area contributed by atoms with Crippen molar-refractivity contribution < 1.29 is 31.1 Å². The van der Waals surface area contributed by atoms with Gasteiger partial charge in [0.1, 0.15) is 18.1 Å². The second-order valence-corrected chi connectivity index (χ2v) is 11.6. The molecule has 0 N–H and O–H groups in total. The Morgan fingerprint density at radius 2 is 1.85 bits per heavy atom. The second-order valence-electron chi connectivity index (χ2n) is 8.47. The number of ether oxygens (including phenoxy) is 2. The number of anilines is 3. The Bertz CT molecular complexity index is 1580. The van der Waals surface area contributed by atoms with Gasteiger partial charge in [0.2, 0.25) is 0 Å². The molecule has 0 saturated carbocycles. The highest BCUT2D eigenvalue weighted by molar-refractivity contribution is 7.93. The molecule has 0 unspecified atom stereocenters. The summed E-state index contributed by atoms with van der Waals surface area (Å²) >= 11 is 7.42. The van der Waals surface area contributed by atoms with E-state index in [4.69, 9.17) is 21.1 Å². The summed E-state index contributed by atoms with van der Waals surface area (Å²) < 4.78 is 79.2. The molecule has 39 heavy (non-hydrogen) atoms. The smallest absolute Gasteiger partial charge is 0.416 e. The summed E-state index contributed by atoms with van der Waals surface area (Å²) in [5.41, 5.74) is 0.712. The van der Waals surface area contributed by atoms with Crippen molar-refractivity contribution in [3.8, 4) is 11.5 Å². The number of sulfonamides is 1. The SMILES string of the molecule is COc1ccc(CN(c2nccs2)S(=O)(=O)c2ccc3c(c2)OCCN3c2ccc(C(F)(F)F)cc2Cl)cc1. The van der Waals surface area contributed by atoms with Crippen molar-refractivity contribution in [2.24, 2.45) is 0 Å². The second kappa shape index (κ2) is 10.6. The highest BCUT2D eigenvalue weighted by Crippen LogP contribution is 2.43. The van der Waals surface area contributed by atoms with Gasteiger partial charge in [-0.1, -0.05) is 23.7 Å². The predicted octanol–water partition coefficient (Wildman–Crippen LogP) is 6.75. The van der Waals surface area contributed by atoms with Gasteiger partial charge in [-0.15, -0.1) is 11.3 Å². The number of thiazole rings is 1. The van der Waals surface area contributed by atoms with Crippen molar-refractivity contribution in [2.45, 2.75) is 17.6 Å². The number of hydrogen-bond donors (Lipinski definition) is 0. The van der Waals surface area contributed by atoms with Crippen LogP contribution in [0.15, 0.2) is 77.1 Å². The highest BCUT2D eigenvalue weighted by atomic mass is 35.5. The number of rotatable bonds is 7. The summed E-state index contributed by atoms with van der Waals surface area (Å²) in [6, 6.07) is 14.6. The maximum absolute atomic E-state index is 13.9. The number of nitrogens with zero attached hydrogens (tertiary/aromatic N) is 3. The number of benzene rings is 3. The lowest BCUT2D eigenvalue weighted by molar-refractivity contribution is -0.137. The maximum Gasteiger partial charge on any atom is 0.416 e. The highest BCUT2D eigenvalue weighted by Gasteiger charge is 2.33. The first-order valence-corrected chi connectivity index (χ1v) is 14.2. The van der Waals surface area contributed by atoms with E-state index in [-0.39, 0.29) is 28.8 Å². The molecule has 1 aromatic heterocycles. The molecule has 13 heteroatoms. The van der Waals surface area contributed by atoms with Crippen LogP contribution in [0.1, 0.15) is 11.1 Å². The van der Waals surface area contributed by atoms with Crippen LogP contribution in [0.25, 0.3) is 0 Å². The number of methoxy groups -OCH3 is 1. The molecule has 7 nitrogen and oxygen atoms in total. The van der Waals surface area contributed by atoms with E-state index in [1.54, 1.807) is 47.7 Å². The molecule has 0 amide bonds. The summed E-state index contributed by atoms with van der Waals surface area (Å²) in [6.07, 6.45) is -3.00. The number of alkyl halides is 3. The van der Waals surface area contributed by atoms with E-state index in [0.29, 0.717) is 28.8 Å². The summed E-state index contributed by atoms with van der Waals surface area (Å²) in [5.74, 6) is 0.911. The monoisotopic (exact) mass is 595 g/mol. The molecule has 0 fully saturated rings. The normalized spacial score (nSPS) is 13.5. The fraction of sp³-hybridized carbons (Fsp3) is 0.192. The summed E-state index contributed by atoms with van der Waals surface area (Å²) in [7, 11) is -2.54. The van der Waals surface area contributed by atoms with Crippen molar-refractivity contribution in [1.82, 2.24) is 4.98 Å². The van der Waals surface area contributed by atoms with Gasteiger partial charge in [0.25, 0.3) is 10.0 Å². The third-order valence-electron chi connectivity index (χ3n) is 6.07. The Morgan fingerprint density at radius 3 is 2.49 bits per heavy atom. The van der Waals surface area contributed by atoms with Gasteiger partial charge in [-0.05, 0) is 48.0 Å². The number of fused-ring (bicyclic) bond motifs is 1. The zero-order valence-electron chi connectivity index (χ0n) is 20.4. The lowest BCUT2D eigenvalue weighted by Gasteiger charge is -2.32. The number of hydrogen-bond acceptors (Lipinski definition) is 7. The first-order chi connectivity index (χ1) is 18.6.